The van der Waals surface area contributed by atoms with Gasteiger partial charge in [0.2, 0.25) is 5.91 Å². The average Bonchev–Trinajstić information content (AvgIpc) is 3.45. The molecule has 4 N–H and O–H groups in total. The fourth-order valence-electron chi connectivity index (χ4n) is 8.83. The van der Waals surface area contributed by atoms with Gasteiger partial charge < -0.3 is 40.0 Å². The molecule has 13 heteroatoms. The van der Waals surface area contributed by atoms with E-state index in [2.05, 4.69) is 28.6 Å². The molecule has 1 fully saturated rings. The van der Waals surface area contributed by atoms with E-state index in [0.29, 0.717) is 36.5 Å². The molecule has 1 spiro atoms. The maximum absolute atomic E-state index is 14.0. The summed E-state index contributed by atoms with van der Waals surface area (Å²) in [6, 6.07) is 3.14. The number of likely N-dealkylation sites (N-methyl/N-ethyl adjacent to an activating group) is 1. The van der Waals surface area contributed by atoms with Crippen LogP contribution in [0.3, 0.4) is 0 Å². The molecule has 1 aromatic rings. The number of nitrogens with one attached hydrogen (secondary N) is 2. The Kier molecular flexibility index (Phi) is 12.4. The molecule has 1 amide bonds. The first-order valence-electron chi connectivity index (χ1n) is 18.3. The summed E-state index contributed by atoms with van der Waals surface area (Å²) >= 11 is 0. The number of unbranched alkanes of at least 4 members (excludes halogenated alkanes) is 1. The number of nitrogens with zero attached hydrogens (tertiary/aromatic N) is 1. The normalized spacial score (nSPS) is 24.6. The zero-order valence-electron chi connectivity index (χ0n) is 30.2. The van der Waals surface area contributed by atoms with Crippen molar-refractivity contribution in [1.29, 1.82) is 0 Å². The number of piperidine rings is 1. The predicted molar refractivity (Wildman–Crippen MR) is 186 cm³/mol. The minimum atomic E-state index is -1.15. The Morgan fingerprint density at radius 1 is 1.06 bits per heavy atom. The van der Waals surface area contributed by atoms with Crippen LogP contribution in [0.25, 0.3) is 0 Å². The SMILES string of the molecule is CC[C@@H](CCCCNC)C(=O)NC(CCC(=O)O)C(=O)CC(CCC(=O)O)C(=O)OC1=CC[C@H]2[C@H]3Cc4ccc(OC)c5c4[C@@]2(CCN3C)[C@H]1O5. The monoisotopic (exact) mass is 711 g/mol. The van der Waals surface area contributed by atoms with Crippen molar-refractivity contribution >= 4 is 29.6 Å². The second-order valence-corrected chi connectivity index (χ2v) is 14.5. The molecule has 280 valence electrons. The van der Waals surface area contributed by atoms with E-state index in [4.69, 9.17) is 14.2 Å². The lowest BCUT2D eigenvalue weighted by molar-refractivity contribution is -0.150. The first kappa shape index (κ1) is 38.3. The number of ketones is 1. The second-order valence-electron chi connectivity index (χ2n) is 14.5. The van der Waals surface area contributed by atoms with Gasteiger partial charge in [0.05, 0.1) is 19.1 Å². The number of hydrogen-bond donors (Lipinski definition) is 4. The number of methoxy groups -OCH3 is 1. The molecule has 0 saturated carbocycles. The number of carboxylic acid groups (broad SMARTS) is 2. The number of Topliss-reactive ketones (excluding diaryl/α,β-unsaturated/α-hetero) is 1. The van der Waals surface area contributed by atoms with Crippen molar-refractivity contribution in [1.82, 2.24) is 15.5 Å². The molecule has 4 aliphatic rings. The molecule has 2 aliphatic heterocycles. The summed E-state index contributed by atoms with van der Waals surface area (Å²) in [7, 11) is 5.59. The van der Waals surface area contributed by atoms with Crippen molar-refractivity contribution in [3.05, 3.63) is 35.1 Å². The molecule has 13 nitrogen and oxygen atoms in total. The molecule has 51 heavy (non-hydrogen) atoms. The zero-order valence-corrected chi connectivity index (χ0v) is 30.2. The van der Waals surface area contributed by atoms with E-state index in [1.165, 1.54) is 5.56 Å². The van der Waals surface area contributed by atoms with Crippen molar-refractivity contribution in [3.63, 3.8) is 0 Å². The van der Waals surface area contributed by atoms with Crippen molar-refractivity contribution in [2.75, 3.05) is 34.3 Å². The lowest BCUT2D eigenvalue weighted by atomic mass is 9.53. The summed E-state index contributed by atoms with van der Waals surface area (Å²) < 4.78 is 18.5. The number of amides is 1. The van der Waals surface area contributed by atoms with E-state index in [1.54, 1.807) is 7.11 Å². The highest BCUT2D eigenvalue weighted by atomic mass is 16.6. The van der Waals surface area contributed by atoms with Crippen LogP contribution >= 0.6 is 0 Å². The van der Waals surface area contributed by atoms with Gasteiger partial charge in [0, 0.05) is 42.2 Å². The van der Waals surface area contributed by atoms with Gasteiger partial charge in [-0.3, -0.25) is 24.0 Å². The number of carbonyl (C=O) groups is 5. The molecule has 2 bridgehead atoms. The summed E-state index contributed by atoms with van der Waals surface area (Å²) in [6.07, 6.45) is 5.01. The fraction of sp³-hybridized carbons (Fsp3) is 0.658. The number of rotatable bonds is 20. The molecule has 0 radical (unpaired) electrons. The van der Waals surface area contributed by atoms with Crippen LogP contribution in [0.2, 0.25) is 0 Å². The molecule has 1 saturated heterocycles. The largest absolute Gasteiger partial charge is 0.493 e. The number of esters is 1. The summed E-state index contributed by atoms with van der Waals surface area (Å²) in [5.41, 5.74) is 1.88. The fourth-order valence-corrected chi connectivity index (χ4v) is 8.83. The van der Waals surface area contributed by atoms with Gasteiger partial charge in [0.1, 0.15) is 5.76 Å². The van der Waals surface area contributed by atoms with Crippen molar-refractivity contribution < 1.29 is 48.4 Å². The Bertz CT molecular complexity index is 1530. The summed E-state index contributed by atoms with van der Waals surface area (Å²) in [5.74, 6) is -3.53. The highest BCUT2D eigenvalue weighted by molar-refractivity contribution is 5.92. The minimum Gasteiger partial charge on any atom is -0.493 e. The lowest BCUT2D eigenvalue weighted by Gasteiger charge is -2.56. The maximum Gasteiger partial charge on any atom is 0.314 e. The topological polar surface area (TPSA) is 181 Å². The third kappa shape index (κ3) is 7.94. The van der Waals surface area contributed by atoms with Crippen LogP contribution < -0.4 is 20.1 Å². The molecule has 1 aromatic carbocycles. The van der Waals surface area contributed by atoms with E-state index in [9.17, 15) is 34.2 Å². The Hall–Kier alpha value is -3.97. The van der Waals surface area contributed by atoms with E-state index in [0.717, 1.165) is 44.3 Å². The van der Waals surface area contributed by atoms with E-state index < -0.39 is 53.6 Å². The number of carbonyl (C=O) groups excluding carboxylic acids is 3. The Morgan fingerprint density at radius 3 is 2.49 bits per heavy atom. The number of likely N-dealkylation sites (tertiary alicyclic amines) is 1. The highest BCUT2D eigenvalue weighted by Crippen LogP contribution is 2.63. The summed E-state index contributed by atoms with van der Waals surface area (Å²) in [6.45, 7) is 3.54. The maximum atomic E-state index is 14.0. The summed E-state index contributed by atoms with van der Waals surface area (Å²) in [5, 5.41) is 24.7. The van der Waals surface area contributed by atoms with E-state index in [-0.39, 0.29) is 49.5 Å². The van der Waals surface area contributed by atoms with Gasteiger partial charge in [0.15, 0.2) is 23.4 Å². The molecule has 0 aromatic heterocycles. The predicted octanol–water partition coefficient (Wildman–Crippen LogP) is 3.61. The first-order chi connectivity index (χ1) is 24.4. The Labute approximate surface area is 299 Å². The molecular formula is C38H53N3O10. The van der Waals surface area contributed by atoms with Crippen molar-refractivity contribution in [3.8, 4) is 11.5 Å². The number of carboxylic acids is 2. The van der Waals surface area contributed by atoms with Crippen LogP contribution in [0.5, 0.6) is 11.5 Å². The van der Waals surface area contributed by atoms with Gasteiger partial charge in [0.25, 0.3) is 0 Å². The van der Waals surface area contributed by atoms with Gasteiger partial charge in [-0.05, 0) is 102 Å². The Morgan fingerprint density at radius 2 is 1.80 bits per heavy atom. The van der Waals surface area contributed by atoms with Gasteiger partial charge in [-0.25, -0.2) is 0 Å². The molecule has 2 unspecified atom stereocenters. The van der Waals surface area contributed by atoms with Gasteiger partial charge >= 0.3 is 17.9 Å². The van der Waals surface area contributed by atoms with Crippen LogP contribution in [-0.4, -0.2) is 97.2 Å². The van der Waals surface area contributed by atoms with E-state index >= 15 is 0 Å². The number of allylic oxidation sites excluding steroid dienone is 1. The van der Waals surface area contributed by atoms with Crippen LogP contribution in [0.4, 0.5) is 0 Å². The van der Waals surface area contributed by atoms with Crippen LogP contribution in [0.15, 0.2) is 24.0 Å². The number of aliphatic carboxylic acids is 2. The first-order valence-corrected chi connectivity index (χ1v) is 18.3. The quantitative estimate of drug-likeness (QED) is 0.114. The number of ether oxygens (including phenoxy) is 3. The second kappa shape index (κ2) is 16.6. The number of hydrogen-bond acceptors (Lipinski definition) is 10. The molecule has 2 heterocycles. The van der Waals surface area contributed by atoms with Crippen LogP contribution in [0, 0.1) is 17.8 Å². The third-order valence-electron chi connectivity index (χ3n) is 11.6. The minimum absolute atomic E-state index is 0.153. The van der Waals surface area contributed by atoms with Gasteiger partial charge in [-0.15, -0.1) is 0 Å². The average molecular weight is 712 g/mol. The molecule has 5 rings (SSSR count). The Balaban J connectivity index is 1.35. The van der Waals surface area contributed by atoms with Crippen molar-refractivity contribution in [2.45, 2.75) is 108 Å². The van der Waals surface area contributed by atoms with Crippen LogP contribution in [-0.2, 0) is 40.5 Å². The lowest BCUT2D eigenvalue weighted by Crippen LogP contribution is -2.63. The highest BCUT2D eigenvalue weighted by Gasteiger charge is 2.65. The molecule has 7 atom stereocenters. The van der Waals surface area contributed by atoms with Crippen molar-refractivity contribution in [2.24, 2.45) is 17.8 Å². The number of benzene rings is 1. The molecular weight excluding hydrogens is 658 g/mol. The van der Waals surface area contributed by atoms with Crippen LogP contribution in [0.1, 0.15) is 88.7 Å². The molecule has 2 aliphatic carbocycles. The van der Waals surface area contributed by atoms with Gasteiger partial charge in [-0.2, -0.15) is 0 Å². The zero-order chi connectivity index (χ0) is 36.9. The third-order valence-corrected chi connectivity index (χ3v) is 11.6. The van der Waals surface area contributed by atoms with Gasteiger partial charge in [-0.1, -0.05) is 19.4 Å². The standard InChI is InChI=1S/C38H53N3O10/c1-5-22(8-6-7-18-39-2)36(47)40-26(12-16-32(45)46)28(42)21-24(10-15-31(43)44)37(48)50-30-14-11-25-27-20-23-9-13-29(49-4)34-33(23)38(25,35(30)51-34)17-19-41(27)3/h9,13-14,22,24-27,35,39H,5-8,10-12,15-21H2,1-4H3,(H,40,47)(H,43,44)(H,45,46)/t22-,24?,25-,26?,27+,35-,38-/m0/s1. The summed E-state index contributed by atoms with van der Waals surface area (Å²) in [4.78, 5) is 66.6. The smallest absolute Gasteiger partial charge is 0.314 e. The van der Waals surface area contributed by atoms with E-state index in [1.807, 2.05) is 26.1 Å².